The van der Waals surface area contributed by atoms with Crippen molar-refractivity contribution in [1.29, 1.82) is 0 Å². The molecule has 0 saturated carbocycles. The average molecular weight is 337 g/mol. The van der Waals surface area contributed by atoms with Crippen LogP contribution in [0.1, 0.15) is 13.8 Å². The van der Waals surface area contributed by atoms with Crippen LogP contribution in [0.3, 0.4) is 0 Å². The summed E-state index contributed by atoms with van der Waals surface area (Å²) in [7, 11) is 3.08. The molecule has 1 aliphatic rings. The van der Waals surface area contributed by atoms with Gasteiger partial charge in [0.1, 0.15) is 0 Å². The van der Waals surface area contributed by atoms with E-state index in [9.17, 15) is 9.59 Å². The van der Waals surface area contributed by atoms with Gasteiger partial charge in [0.05, 0.1) is 0 Å². The van der Waals surface area contributed by atoms with E-state index in [1.807, 2.05) is 4.90 Å². The third kappa shape index (κ3) is 18.3. The Morgan fingerprint density at radius 3 is 1.56 bits per heavy atom. The largest absolute Gasteiger partial charge is 0.400 e. The zero-order valence-electron chi connectivity index (χ0n) is 12.1. The van der Waals surface area contributed by atoms with E-state index in [0.29, 0.717) is 0 Å². The Balaban J connectivity index is -0.000000107. The van der Waals surface area contributed by atoms with Gasteiger partial charge in [-0.05, 0) is 7.05 Å². The Labute approximate surface area is 136 Å². The first-order chi connectivity index (χ1) is 7.43. The van der Waals surface area contributed by atoms with Crippen molar-refractivity contribution < 1.29 is 47.4 Å². The number of piperazine rings is 1. The van der Waals surface area contributed by atoms with Gasteiger partial charge in [0.15, 0.2) is 0 Å². The van der Waals surface area contributed by atoms with E-state index in [2.05, 4.69) is 17.7 Å². The summed E-state index contributed by atoms with van der Waals surface area (Å²) in [6, 6.07) is 0. The third-order valence-corrected chi connectivity index (χ3v) is 1.95. The number of hydrogen-bond donors (Lipinski definition) is 2. The molecule has 7 heteroatoms. The summed E-state index contributed by atoms with van der Waals surface area (Å²) < 4.78 is 0. The van der Waals surface area contributed by atoms with Gasteiger partial charge in [-0.25, -0.2) is 0 Å². The maximum Gasteiger partial charge on any atom is 0.219 e. The molecule has 1 rings (SSSR count). The van der Waals surface area contributed by atoms with Crippen LogP contribution in [-0.4, -0.2) is 67.1 Å². The summed E-state index contributed by atoms with van der Waals surface area (Å²) in [5.41, 5.74) is 4.47. The maximum atomic E-state index is 10.8. The minimum atomic E-state index is -0.333. The second kappa shape index (κ2) is 17.0. The van der Waals surface area contributed by atoms with Crippen molar-refractivity contribution in [3.05, 3.63) is 7.43 Å². The van der Waals surface area contributed by atoms with Gasteiger partial charge >= 0.3 is 0 Å². The van der Waals surface area contributed by atoms with Crippen molar-refractivity contribution in [2.75, 3.05) is 40.3 Å². The number of aliphatic hydroxyl groups excluding tert-OH is 1. The van der Waals surface area contributed by atoms with Gasteiger partial charge < -0.3 is 28.1 Å². The summed E-state index contributed by atoms with van der Waals surface area (Å²) in [5.74, 6) is -0.131. The molecule has 0 aromatic heterocycles. The first kappa shape index (κ1) is 26.5. The molecule has 0 spiro atoms. The molecular formula is C11H26N3O3Y-. The van der Waals surface area contributed by atoms with Crippen LogP contribution >= 0.6 is 0 Å². The van der Waals surface area contributed by atoms with Crippen LogP contribution in [0.4, 0.5) is 0 Å². The van der Waals surface area contributed by atoms with Crippen LogP contribution in [0, 0.1) is 7.43 Å². The second-order valence-corrected chi connectivity index (χ2v) is 3.42. The van der Waals surface area contributed by atoms with Crippen molar-refractivity contribution >= 4 is 11.8 Å². The molecular weight excluding hydrogens is 311 g/mol. The van der Waals surface area contributed by atoms with E-state index in [-0.39, 0.29) is 52.0 Å². The van der Waals surface area contributed by atoms with Gasteiger partial charge in [-0.15, -0.1) is 0 Å². The number of rotatable bonds is 0. The number of likely N-dealkylation sites (N-methyl/N-ethyl adjacent to an activating group) is 1. The molecule has 2 amide bonds. The number of aliphatic hydroxyl groups is 1. The molecule has 3 N–H and O–H groups in total. The van der Waals surface area contributed by atoms with E-state index in [0.717, 1.165) is 33.3 Å². The van der Waals surface area contributed by atoms with E-state index in [4.69, 9.17) is 5.11 Å². The number of nitrogens with zero attached hydrogens (tertiary/aromatic N) is 2. The minimum Gasteiger partial charge on any atom is -0.400 e. The van der Waals surface area contributed by atoms with Gasteiger partial charge in [0, 0.05) is 79.8 Å². The fourth-order valence-electron chi connectivity index (χ4n) is 1.12. The van der Waals surface area contributed by atoms with Crippen LogP contribution in [-0.2, 0) is 42.3 Å². The fraction of sp³-hybridized carbons (Fsp3) is 0.727. The van der Waals surface area contributed by atoms with Gasteiger partial charge in [0.25, 0.3) is 0 Å². The number of carbonyl (C=O) groups excluding carboxylic acids is 2. The number of primary amides is 1. The smallest absolute Gasteiger partial charge is 0.219 e. The predicted molar refractivity (Wildman–Crippen MR) is 69.2 cm³/mol. The Bertz CT molecular complexity index is 204. The molecule has 0 unspecified atom stereocenters. The van der Waals surface area contributed by atoms with Crippen LogP contribution in [0.25, 0.3) is 0 Å². The van der Waals surface area contributed by atoms with Gasteiger partial charge in [0.2, 0.25) is 11.8 Å². The molecule has 1 saturated heterocycles. The quantitative estimate of drug-likeness (QED) is 0.574. The van der Waals surface area contributed by atoms with Crippen molar-refractivity contribution in [2.45, 2.75) is 13.8 Å². The number of amides is 2. The molecule has 1 heterocycles. The van der Waals surface area contributed by atoms with Gasteiger partial charge in [-0.1, -0.05) is 0 Å². The maximum absolute atomic E-state index is 10.8. The van der Waals surface area contributed by atoms with Gasteiger partial charge in [-0.2, -0.15) is 0 Å². The predicted octanol–water partition coefficient (Wildman–Crippen LogP) is -0.672. The Morgan fingerprint density at radius 1 is 1.06 bits per heavy atom. The zero-order chi connectivity index (χ0) is 13.1. The second-order valence-electron chi connectivity index (χ2n) is 3.42. The molecule has 1 aliphatic heterocycles. The minimum absolute atomic E-state index is 0. The molecule has 18 heavy (non-hydrogen) atoms. The first-order valence-corrected chi connectivity index (χ1v) is 5.08. The van der Waals surface area contributed by atoms with Crippen LogP contribution in [0.15, 0.2) is 0 Å². The molecule has 0 aromatic rings. The number of hydrogen-bond acceptors (Lipinski definition) is 4. The summed E-state index contributed by atoms with van der Waals surface area (Å²) in [6.45, 7) is 6.75. The summed E-state index contributed by atoms with van der Waals surface area (Å²) in [5, 5.41) is 7.00. The Morgan fingerprint density at radius 2 is 1.33 bits per heavy atom. The third-order valence-electron chi connectivity index (χ3n) is 1.95. The Hall–Kier alpha value is -0.0361. The summed E-state index contributed by atoms with van der Waals surface area (Å²) in [4.78, 5) is 24.2. The molecule has 0 bridgehead atoms. The van der Waals surface area contributed by atoms with Crippen molar-refractivity contribution in [1.82, 2.24) is 9.80 Å². The summed E-state index contributed by atoms with van der Waals surface area (Å²) in [6.07, 6.45) is 0. The van der Waals surface area contributed by atoms with E-state index < -0.39 is 0 Å². The van der Waals surface area contributed by atoms with Crippen molar-refractivity contribution in [2.24, 2.45) is 5.73 Å². The molecule has 0 aliphatic carbocycles. The fourth-order valence-corrected chi connectivity index (χ4v) is 1.12. The standard InChI is InChI=1S/C7H14N2O.C2H5NO.CH4O.CH3.Y/c1-7(10)9-5-3-8(2)4-6-9;1-2(3)4;1-2;;/h3-6H2,1-2H3;1H3,(H2,3,4);2H,1H3;1H3;/q;;;-1;. The van der Waals surface area contributed by atoms with E-state index in [1.165, 1.54) is 6.92 Å². The topological polar surface area (TPSA) is 86.9 Å². The molecule has 1 fully saturated rings. The normalized spacial score (nSPS) is 13.5. The van der Waals surface area contributed by atoms with E-state index in [1.54, 1.807) is 6.92 Å². The van der Waals surface area contributed by atoms with Crippen LogP contribution < -0.4 is 5.73 Å². The SMILES string of the molecule is CC(=O)N1CCN(C)CC1.CC(N)=O.CO.[CH3-].[Y]. The monoisotopic (exact) mass is 337 g/mol. The molecule has 0 aromatic carbocycles. The van der Waals surface area contributed by atoms with E-state index >= 15 is 0 Å². The van der Waals surface area contributed by atoms with Gasteiger partial charge in [-0.3, -0.25) is 9.59 Å². The molecule has 6 nitrogen and oxygen atoms in total. The molecule has 0 atom stereocenters. The van der Waals surface area contributed by atoms with Crippen LogP contribution in [0.2, 0.25) is 0 Å². The van der Waals surface area contributed by atoms with Crippen molar-refractivity contribution in [3.8, 4) is 0 Å². The number of carbonyl (C=O) groups is 2. The average Bonchev–Trinajstić information content (AvgIpc) is 2.20. The summed E-state index contributed by atoms with van der Waals surface area (Å²) >= 11 is 0. The molecule has 107 valence electrons. The Kier molecular flexibility index (Phi) is 25.0. The number of nitrogens with two attached hydrogens (primary N) is 1. The van der Waals surface area contributed by atoms with Crippen LogP contribution in [0.5, 0.6) is 0 Å². The first-order valence-electron chi connectivity index (χ1n) is 5.08. The van der Waals surface area contributed by atoms with Crippen molar-refractivity contribution in [3.63, 3.8) is 0 Å². The molecule has 1 radical (unpaired) electrons. The zero-order valence-corrected chi connectivity index (χ0v) is 15.0.